The molecule has 2 saturated carbocycles. The Bertz CT molecular complexity index is 772. The molecule has 1 aromatic carbocycles. The van der Waals surface area contributed by atoms with E-state index in [-0.39, 0.29) is 23.4 Å². The van der Waals surface area contributed by atoms with Crippen LogP contribution in [0.4, 0.5) is 4.39 Å². The highest BCUT2D eigenvalue weighted by Crippen LogP contribution is 2.31. The van der Waals surface area contributed by atoms with E-state index in [1.165, 1.54) is 44.2 Å². The van der Waals surface area contributed by atoms with E-state index >= 15 is 0 Å². The molecule has 0 atom stereocenters. The SMILES string of the molecule is CC1CCC(C(=O)N[C@H]2CC[C@H](CCN3CCC(C(=O)c4ccc(F)cc4)CC3)CC2)CC1. The summed E-state index contributed by atoms with van der Waals surface area (Å²) >= 11 is 0. The number of rotatable bonds is 7. The molecule has 1 heterocycles. The fraction of sp³-hybridized carbons (Fsp3) is 0.714. The topological polar surface area (TPSA) is 49.4 Å². The molecular weight excluding hydrogens is 415 g/mol. The predicted octanol–water partition coefficient (Wildman–Crippen LogP) is 5.61. The van der Waals surface area contributed by atoms with Gasteiger partial charge in [0.15, 0.2) is 5.78 Å². The molecule has 182 valence electrons. The smallest absolute Gasteiger partial charge is 0.223 e. The van der Waals surface area contributed by atoms with E-state index in [1.807, 2.05) is 0 Å². The van der Waals surface area contributed by atoms with Crippen molar-refractivity contribution in [1.29, 1.82) is 0 Å². The number of likely N-dealkylation sites (tertiary alicyclic amines) is 1. The summed E-state index contributed by atoms with van der Waals surface area (Å²) in [5, 5.41) is 3.36. The Hall–Kier alpha value is -1.75. The largest absolute Gasteiger partial charge is 0.353 e. The van der Waals surface area contributed by atoms with E-state index in [9.17, 15) is 14.0 Å². The van der Waals surface area contributed by atoms with Crippen molar-refractivity contribution >= 4 is 11.7 Å². The van der Waals surface area contributed by atoms with Crippen LogP contribution in [0.5, 0.6) is 0 Å². The molecule has 5 heteroatoms. The zero-order chi connectivity index (χ0) is 23.2. The molecule has 3 aliphatic rings. The normalized spacial score (nSPS) is 29.5. The van der Waals surface area contributed by atoms with Crippen LogP contribution in [0, 0.1) is 29.5 Å². The molecule has 1 aromatic rings. The average molecular weight is 457 g/mol. The van der Waals surface area contributed by atoms with Gasteiger partial charge in [-0.25, -0.2) is 4.39 Å². The lowest BCUT2D eigenvalue weighted by Crippen LogP contribution is -2.42. The van der Waals surface area contributed by atoms with Gasteiger partial charge in [-0.3, -0.25) is 9.59 Å². The van der Waals surface area contributed by atoms with Crippen LogP contribution in [0.25, 0.3) is 0 Å². The Kier molecular flexibility index (Phi) is 8.56. The standard InChI is InChI=1S/C28H41FN2O2/c1-20-2-6-24(7-3-20)28(33)30-26-12-4-21(5-13-26)14-17-31-18-15-23(16-19-31)27(32)22-8-10-25(29)11-9-22/h8-11,20-21,23-24,26H,2-7,12-19H2,1H3,(H,30,33)/t20?,21-,24?,26-. The first-order valence-electron chi connectivity index (χ1n) is 13.3. The maximum Gasteiger partial charge on any atom is 0.223 e. The van der Waals surface area contributed by atoms with Gasteiger partial charge in [0, 0.05) is 23.4 Å². The number of piperidine rings is 1. The Labute approximate surface area is 198 Å². The molecule has 1 N–H and O–H groups in total. The van der Waals surface area contributed by atoms with Crippen LogP contribution < -0.4 is 5.32 Å². The zero-order valence-electron chi connectivity index (χ0n) is 20.2. The molecule has 4 nitrogen and oxygen atoms in total. The average Bonchev–Trinajstić information content (AvgIpc) is 2.84. The number of hydrogen-bond acceptors (Lipinski definition) is 3. The zero-order valence-corrected chi connectivity index (χ0v) is 20.2. The van der Waals surface area contributed by atoms with Gasteiger partial charge in [-0.1, -0.05) is 6.92 Å². The first-order chi connectivity index (χ1) is 16.0. The molecular formula is C28H41FN2O2. The lowest BCUT2D eigenvalue weighted by molar-refractivity contribution is -0.127. The number of nitrogens with zero attached hydrogens (tertiary/aromatic N) is 1. The number of nitrogens with one attached hydrogen (secondary N) is 1. The van der Waals surface area contributed by atoms with Crippen molar-refractivity contribution in [2.24, 2.45) is 23.7 Å². The quantitative estimate of drug-likeness (QED) is 0.543. The van der Waals surface area contributed by atoms with E-state index in [0.29, 0.717) is 17.5 Å². The highest BCUT2D eigenvalue weighted by Gasteiger charge is 2.29. The van der Waals surface area contributed by atoms with Gasteiger partial charge in [0.25, 0.3) is 0 Å². The fourth-order valence-electron chi connectivity index (χ4n) is 6.07. The second kappa shape index (κ2) is 11.6. The first-order valence-corrected chi connectivity index (χ1v) is 13.3. The van der Waals surface area contributed by atoms with Crippen LogP contribution in [-0.2, 0) is 4.79 Å². The summed E-state index contributed by atoms with van der Waals surface area (Å²) in [6.45, 7) is 5.36. The van der Waals surface area contributed by atoms with Crippen LogP contribution in [0.3, 0.4) is 0 Å². The maximum atomic E-state index is 13.1. The molecule has 0 bridgehead atoms. The Morgan fingerprint density at radius 2 is 1.52 bits per heavy atom. The molecule has 33 heavy (non-hydrogen) atoms. The minimum absolute atomic E-state index is 0.0677. The summed E-state index contributed by atoms with van der Waals surface area (Å²) in [6.07, 6.45) is 12.2. The highest BCUT2D eigenvalue weighted by molar-refractivity contribution is 5.97. The van der Waals surface area contributed by atoms with Gasteiger partial charge in [-0.2, -0.15) is 0 Å². The molecule has 0 spiro atoms. The van der Waals surface area contributed by atoms with E-state index < -0.39 is 0 Å². The van der Waals surface area contributed by atoms with Gasteiger partial charge in [0.2, 0.25) is 5.91 Å². The lowest BCUT2D eigenvalue weighted by Gasteiger charge is -2.34. The van der Waals surface area contributed by atoms with Crippen LogP contribution in [0.2, 0.25) is 0 Å². The Morgan fingerprint density at radius 1 is 0.879 bits per heavy atom. The summed E-state index contributed by atoms with van der Waals surface area (Å²) < 4.78 is 13.1. The molecule has 4 rings (SSSR count). The van der Waals surface area contributed by atoms with Gasteiger partial charge < -0.3 is 10.2 Å². The summed E-state index contributed by atoms with van der Waals surface area (Å²) in [4.78, 5) is 27.8. The van der Waals surface area contributed by atoms with E-state index in [4.69, 9.17) is 0 Å². The Morgan fingerprint density at radius 3 is 2.15 bits per heavy atom. The number of hydrogen-bond donors (Lipinski definition) is 1. The van der Waals surface area contributed by atoms with Gasteiger partial charge in [0.05, 0.1) is 0 Å². The van der Waals surface area contributed by atoms with Gasteiger partial charge in [-0.05, 0) is 126 Å². The van der Waals surface area contributed by atoms with Crippen LogP contribution in [0.1, 0.15) is 87.9 Å². The molecule has 1 aliphatic heterocycles. The third-order valence-electron chi connectivity index (χ3n) is 8.52. The summed E-state index contributed by atoms with van der Waals surface area (Å²) in [7, 11) is 0. The second-order valence-corrected chi connectivity index (χ2v) is 11.0. The van der Waals surface area contributed by atoms with Crippen molar-refractivity contribution in [2.45, 2.75) is 83.6 Å². The number of amides is 1. The Balaban J connectivity index is 1.11. The molecule has 0 aromatic heterocycles. The maximum absolute atomic E-state index is 13.1. The molecule has 3 fully saturated rings. The number of Topliss-reactive ketones (excluding diaryl/α,β-unsaturated/α-hetero) is 1. The minimum Gasteiger partial charge on any atom is -0.353 e. The predicted molar refractivity (Wildman–Crippen MR) is 130 cm³/mol. The van der Waals surface area contributed by atoms with Crippen molar-refractivity contribution in [2.75, 3.05) is 19.6 Å². The number of benzene rings is 1. The highest BCUT2D eigenvalue weighted by atomic mass is 19.1. The minimum atomic E-state index is -0.295. The van der Waals surface area contributed by atoms with Crippen LogP contribution in [0.15, 0.2) is 24.3 Å². The lowest BCUT2D eigenvalue weighted by atomic mass is 9.81. The number of carbonyl (C=O) groups excluding carboxylic acids is 2. The van der Waals surface area contributed by atoms with Crippen molar-refractivity contribution in [3.8, 4) is 0 Å². The third kappa shape index (κ3) is 6.88. The molecule has 2 aliphatic carbocycles. The summed E-state index contributed by atoms with van der Waals surface area (Å²) in [5.41, 5.74) is 0.636. The van der Waals surface area contributed by atoms with Crippen molar-refractivity contribution in [3.63, 3.8) is 0 Å². The van der Waals surface area contributed by atoms with Gasteiger partial charge in [0.1, 0.15) is 5.82 Å². The number of ketones is 1. The number of carbonyl (C=O) groups is 2. The van der Waals surface area contributed by atoms with Gasteiger partial charge in [-0.15, -0.1) is 0 Å². The molecule has 1 saturated heterocycles. The molecule has 1 amide bonds. The number of halogens is 1. The fourth-order valence-corrected chi connectivity index (χ4v) is 6.07. The summed E-state index contributed by atoms with van der Waals surface area (Å²) in [5.74, 6) is 2.03. The van der Waals surface area contributed by atoms with Crippen LogP contribution >= 0.6 is 0 Å². The van der Waals surface area contributed by atoms with Crippen molar-refractivity contribution < 1.29 is 14.0 Å². The summed E-state index contributed by atoms with van der Waals surface area (Å²) in [6, 6.07) is 6.34. The van der Waals surface area contributed by atoms with Crippen molar-refractivity contribution in [3.05, 3.63) is 35.6 Å². The molecule has 0 radical (unpaired) electrons. The van der Waals surface area contributed by atoms with Gasteiger partial charge >= 0.3 is 0 Å². The second-order valence-electron chi connectivity index (χ2n) is 11.0. The van der Waals surface area contributed by atoms with E-state index in [2.05, 4.69) is 17.1 Å². The van der Waals surface area contributed by atoms with Crippen molar-refractivity contribution in [1.82, 2.24) is 10.2 Å². The van der Waals surface area contributed by atoms with E-state index in [1.54, 1.807) is 12.1 Å². The molecule has 0 unspecified atom stereocenters. The van der Waals surface area contributed by atoms with Crippen LogP contribution in [-0.4, -0.2) is 42.3 Å². The first kappa shape index (κ1) is 24.4. The monoisotopic (exact) mass is 456 g/mol. The van der Waals surface area contributed by atoms with E-state index in [0.717, 1.165) is 70.0 Å². The third-order valence-corrected chi connectivity index (χ3v) is 8.52.